The zero-order chi connectivity index (χ0) is 34.8. The van der Waals surface area contributed by atoms with E-state index in [9.17, 15) is 27.9 Å². The number of nitrogens with one attached hydrogen (secondary N) is 2. The topological polar surface area (TPSA) is 225 Å². The van der Waals surface area contributed by atoms with Crippen LogP contribution in [-0.2, 0) is 45.1 Å². The number of fused-ring (bicyclic) bond motifs is 1. The number of benzene rings is 1. The van der Waals surface area contributed by atoms with E-state index >= 15 is 0 Å². The van der Waals surface area contributed by atoms with E-state index in [4.69, 9.17) is 19.6 Å². The summed E-state index contributed by atoms with van der Waals surface area (Å²) in [5.74, 6) is -2.05. The number of aryl methyl sites for hydroxylation is 1. The van der Waals surface area contributed by atoms with Gasteiger partial charge in [-0.05, 0) is 43.5 Å². The number of ether oxygens (including phenoxy) is 1. The number of hydroxylamine groups is 2. The van der Waals surface area contributed by atoms with E-state index < -0.39 is 58.6 Å². The van der Waals surface area contributed by atoms with E-state index in [2.05, 4.69) is 25.0 Å². The number of aliphatic carboxylic acids is 1. The number of amides is 1. The summed E-state index contributed by atoms with van der Waals surface area (Å²) in [6, 6.07) is 7.30. The summed E-state index contributed by atoms with van der Waals surface area (Å²) in [5.41, 5.74) is 4.15. The van der Waals surface area contributed by atoms with Crippen molar-refractivity contribution in [3.05, 3.63) is 41.5 Å². The fourth-order valence-electron chi connectivity index (χ4n) is 5.14. The van der Waals surface area contributed by atoms with Gasteiger partial charge in [0.1, 0.15) is 18.1 Å². The largest absolute Gasteiger partial charge is 0.489 e. The van der Waals surface area contributed by atoms with Crippen LogP contribution in [-0.4, -0.2) is 91.9 Å². The molecule has 3 aromatic rings. The quantitative estimate of drug-likeness (QED) is 0.0693. The third-order valence-electron chi connectivity index (χ3n) is 8.14. The minimum atomic E-state index is -4.48. The number of hydrogen-bond donors (Lipinski definition) is 4. The molecule has 0 unspecified atom stereocenters. The molecule has 2 saturated heterocycles. The molecular formula is C29H36N7O10S2+. The van der Waals surface area contributed by atoms with E-state index in [1.165, 1.54) is 19.2 Å². The Hall–Kier alpha value is -4.43. The lowest BCUT2D eigenvalue weighted by molar-refractivity contribution is -0.656. The molecule has 48 heavy (non-hydrogen) atoms. The molecule has 0 aliphatic carbocycles. The van der Waals surface area contributed by atoms with Gasteiger partial charge in [0.25, 0.3) is 17.8 Å². The van der Waals surface area contributed by atoms with E-state index in [1.54, 1.807) is 12.1 Å². The second-order valence-corrected chi connectivity index (χ2v) is 14.0. The van der Waals surface area contributed by atoms with Crippen LogP contribution >= 0.6 is 11.3 Å². The standard InChI is InChI=1S/C29H35N7O10S2/c1-29(2)20(26(38)36(29)46-48(41,42)43-4)10-22(37)24(21-15-47-28(30)33-21)34-45-23(27(39)40)14-44-18-5-6-19-17(9-18)7-8-35(3)25(19)32-13-16-11-31-12-16/h5-9,15-16,20,23,31H,10-14H2,1-4H3,(H3,30,33,39,40)/p+1/b34-24-/t20-,23+/m1/s1. The highest BCUT2D eigenvalue weighted by molar-refractivity contribution is 7.81. The first-order valence-corrected chi connectivity index (χ1v) is 17.0. The van der Waals surface area contributed by atoms with Crippen LogP contribution in [0.1, 0.15) is 26.0 Å². The number of pyridine rings is 1. The maximum Gasteiger partial charge on any atom is 0.420 e. The number of nitrogens with zero attached hydrogens (tertiary/aromatic N) is 4. The molecule has 1 amide bonds. The fourth-order valence-corrected chi connectivity index (χ4v) is 6.20. The SMILES string of the molecule is COS(=O)(=O)ON1C(=O)[C@@H](CC(=O)/C(=N\O[C@@H](COc2ccc3c(NCC4CNC4)[n+](C)ccc3c2)C(=O)O)c2csc(N)n2)C1(C)C. The number of anilines is 2. The molecule has 5 rings (SSSR count). The number of β-lactam (4-membered cyclic amide) rings is 1. The molecule has 5 N–H and O–H groups in total. The number of aromatic nitrogens is 2. The Morgan fingerprint density at radius 2 is 2.06 bits per heavy atom. The van der Waals surface area contributed by atoms with Gasteiger partial charge in [-0.15, -0.1) is 15.6 Å². The van der Waals surface area contributed by atoms with Crippen molar-refractivity contribution >= 4 is 66.8 Å². The zero-order valence-electron chi connectivity index (χ0n) is 26.5. The number of thiazole rings is 1. The van der Waals surface area contributed by atoms with Crippen LogP contribution in [0, 0.1) is 11.8 Å². The number of carbonyl (C=O) groups excluding carboxylic acids is 2. The lowest BCUT2D eigenvalue weighted by Crippen LogP contribution is -2.68. The Labute approximate surface area is 279 Å². The number of ketones is 1. The van der Waals surface area contributed by atoms with Gasteiger partial charge < -0.3 is 25.7 Å². The lowest BCUT2D eigenvalue weighted by Gasteiger charge is -2.50. The predicted octanol–water partition coefficient (Wildman–Crippen LogP) is 0.606. The van der Waals surface area contributed by atoms with Crippen molar-refractivity contribution in [1.29, 1.82) is 0 Å². The van der Waals surface area contributed by atoms with Crippen LogP contribution in [0.3, 0.4) is 0 Å². The number of carbonyl (C=O) groups is 3. The molecule has 0 spiro atoms. The molecule has 2 aliphatic heterocycles. The molecule has 258 valence electrons. The van der Waals surface area contributed by atoms with Crippen molar-refractivity contribution in [3.63, 3.8) is 0 Å². The van der Waals surface area contributed by atoms with Crippen molar-refractivity contribution in [3.8, 4) is 5.75 Å². The van der Waals surface area contributed by atoms with Gasteiger partial charge >= 0.3 is 16.4 Å². The van der Waals surface area contributed by atoms with Crippen molar-refractivity contribution in [2.24, 2.45) is 24.0 Å². The molecular weight excluding hydrogens is 670 g/mol. The average Bonchev–Trinajstić information content (AvgIpc) is 3.45. The summed E-state index contributed by atoms with van der Waals surface area (Å²) < 4.78 is 40.2. The van der Waals surface area contributed by atoms with E-state index in [1.807, 2.05) is 29.9 Å². The minimum absolute atomic E-state index is 0.00730. The summed E-state index contributed by atoms with van der Waals surface area (Å²) in [7, 11) is -1.66. The van der Waals surface area contributed by atoms with E-state index in [-0.39, 0.29) is 16.5 Å². The first-order chi connectivity index (χ1) is 22.7. The van der Waals surface area contributed by atoms with Crippen LogP contribution < -0.4 is 25.7 Å². The van der Waals surface area contributed by atoms with Gasteiger partial charge in [-0.25, -0.2) is 14.3 Å². The third kappa shape index (κ3) is 7.49. The number of nitrogens with two attached hydrogens (primary N) is 1. The highest BCUT2D eigenvalue weighted by Crippen LogP contribution is 2.41. The normalized spacial score (nSPS) is 18.6. The average molecular weight is 707 g/mol. The summed E-state index contributed by atoms with van der Waals surface area (Å²) in [6.45, 7) is 5.32. The maximum atomic E-state index is 13.4. The van der Waals surface area contributed by atoms with Crippen molar-refractivity contribution < 1.29 is 50.5 Å². The monoisotopic (exact) mass is 706 g/mol. The van der Waals surface area contributed by atoms with Crippen molar-refractivity contribution in [2.75, 3.05) is 44.4 Å². The molecule has 2 fully saturated rings. The second-order valence-electron chi connectivity index (χ2n) is 11.8. The van der Waals surface area contributed by atoms with Crippen LogP contribution in [0.15, 0.2) is 41.0 Å². The first-order valence-electron chi connectivity index (χ1n) is 14.8. The Morgan fingerprint density at radius 3 is 2.67 bits per heavy atom. The van der Waals surface area contributed by atoms with Gasteiger partial charge in [0, 0.05) is 30.8 Å². The third-order valence-corrected chi connectivity index (χ3v) is 9.56. The van der Waals surface area contributed by atoms with Crippen LogP contribution in [0.4, 0.5) is 10.9 Å². The van der Waals surface area contributed by atoms with Crippen LogP contribution in [0.5, 0.6) is 5.75 Å². The Bertz CT molecular complexity index is 1860. The van der Waals surface area contributed by atoms with E-state index in [0.717, 1.165) is 54.7 Å². The number of hydrogen-bond acceptors (Lipinski definition) is 15. The molecule has 2 aromatic heterocycles. The Balaban J connectivity index is 1.28. The number of oxime groups is 1. The molecule has 0 bridgehead atoms. The maximum absolute atomic E-state index is 13.4. The Kier molecular flexibility index (Phi) is 10.2. The summed E-state index contributed by atoms with van der Waals surface area (Å²) in [6.07, 6.45) is -0.166. The fraction of sp³-hybridized carbons (Fsp3) is 0.448. The highest BCUT2D eigenvalue weighted by atomic mass is 32.3. The molecule has 17 nitrogen and oxygen atoms in total. The summed E-state index contributed by atoms with van der Waals surface area (Å²) in [4.78, 5) is 47.7. The molecule has 19 heteroatoms. The predicted molar refractivity (Wildman–Crippen MR) is 172 cm³/mol. The molecule has 0 radical (unpaired) electrons. The molecule has 4 heterocycles. The number of nitrogen functional groups attached to an aromatic ring is 1. The number of carboxylic acids is 1. The molecule has 1 aromatic carbocycles. The summed E-state index contributed by atoms with van der Waals surface area (Å²) in [5, 5.41) is 24.4. The smallest absolute Gasteiger partial charge is 0.420 e. The molecule has 2 atom stereocenters. The van der Waals surface area contributed by atoms with Gasteiger partial charge in [0.2, 0.25) is 0 Å². The number of carboxylic acid groups (broad SMARTS) is 1. The van der Waals surface area contributed by atoms with Gasteiger partial charge in [-0.2, -0.15) is 13.5 Å². The molecule has 0 saturated carbocycles. The highest BCUT2D eigenvalue weighted by Gasteiger charge is 2.57. The van der Waals surface area contributed by atoms with Gasteiger partial charge in [0.05, 0.1) is 43.7 Å². The van der Waals surface area contributed by atoms with E-state index in [0.29, 0.717) is 16.7 Å². The summed E-state index contributed by atoms with van der Waals surface area (Å²) >= 11 is 1.01. The Morgan fingerprint density at radius 1 is 1.31 bits per heavy atom. The van der Waals surface area contributed by atoms with Crippen molar-refractivity contribution in [1.82, 2.24) is 15.4 Å². The van der Waals surface area contributed by atoms with Gasteiger partial charge in [-0.3, -0.25) is 19.1 Å². The first kappa shape index (κ1) is 34.9. The van der Waals surface area contributed by atoms with Crippen molar-refractivity contribution in [2.45, 2.75) is 31.9 Å². The lowest BCUT2D eigenvalue weighted by atomic mass is 9.74. The van der Waals surface area contributed by atoms with Gasteiger partial charge in [-0.1, -0.05) is 5.16 Å². The zero-order valence-corrected chi connectivity index (χ0v) is 28.2. The number of rotatable bonds is 16. The van der Waals surface area contributed by atoms with Gasteiger partial charge in [0.15, 0.2) is 16.6 Å². The second kappa shape index (κ2) is 14.0. The van der Waals surface area contributed by atoms with Crippen LogP contribution in [0.2, 0.25) is 0 Å². The van der Waals surface area contributed by atoms with Crippen LogP contribution in [0.25, 0.3) is 10.8 Å². The number of Topliss-reactive ketones (excluding diaryl/α,β-unsaturated/α-hetero) is 1. The minimum Gasteiger partial charge on any atom is -0.489 e. The molecule has 2 aliphatic rings.